The van der Waals surface area contributed by atoms with Crippen LogP contribution in [0.4, 0.5) is 0 Å². The van der Waals surface area contributed by atoms with Crippen LogP contribution >= 0.6 is 0 Å². The highest BCUT2D eigenvalue weighted by Gasteiger charge is 2.17. The monoisotopic (exact) mass is 917 g/mol. The Morgan fingerprint density at radius 1 is 0.348 bits per heavy atom. The normalized spacial score (nSPS) is 13.0. The summed E-state index contributed by atoms with van der Waals surface area (Å²) in [6, 6.07) is 0. The third-order valence-corrected chi connectivity index (χ3v) is 11.6. The number of carbonyl (C=O) groups is 2. The third-order valence-electron chi connectivity index (χ3n) is 11.6. The molecule has 0 aliphatic rings. The van der Waals surface area contributed by atoms with E-state index in [1.807, 2.05) is 0 Å². The van der Waals surface area contributed by atoms with Gasteiger partial charge in [-0.05, 0) is 96.3 Å². The van der Waals surface area contributed by atoms with Crippen molar-refractivity contribution in [3.05, 3.63) is 97.2 Å². The number of rotatable bonds is 50. The molecule has 1 atom stereocenters. The molecule has 0 amide bonds. The maximum absolute atomic E-state index is 12.8. The number of unbranched alkanes of at least 4 members (excludes halogenated alkanes) is 23. The first-order valence-electron chi connectivity index (χ1n) is 27.8. The summed E-state index contributed by atoms with van der Waals surface area (Å²) < 4.78 is 17.4. The van der Waals surface area contributed by atoms with Crippen molar-refractivity contribution in [1.29, 1.82) is 0 Å². The largest absolute Gasteiger partial charge is 0.462 e. The Labute approximate surface area is 409 Å². The standard InChI is InChI=1S/C61H104O5/c1-4-7-10-13-16-19-22-25-27-29-31-33-35-37-39-42-45-48-51-54-60(62)65-58-59(57-64-56-53-50-47-44-41-24-21-18-15-12-9-6-3)66-61(63)55-52-49-46-43-40-38-36-34-32-30-28-26-23-20-17-14-11-8-5-2/h7-8,10-11,16-17,19-20,25-28,31-34,59H,4-6,9,12-15,18,21-24,29-30,35-58H2,1-3H3/b10-7-,11-8-,19-16-,20-17-,27-25-,28-26-,33-31-,34-32-. The minimum absolute atomic E-state index is 0.0690. The molecule has 5 nitrogen and oxygen atoms in total. The lowest BCUT2D eigenvalue weighted by Crippen LogP contribution is -2.30. The predicted octanol–water partition coefficient (Wildman–Crippen LogP) is 19.0. The van der Waals surface area contributed by atoms with Gasteiger partial charge in [-0.25, -0.2) is 0 Å². The molecule has 0 saturated heterocycles. The zero-order valence-electron chi connectivity index (χ0n) is 43.4. The molecule has 0 aliphatic carbocycles. The first-order chi connectivity index (χ1) is 32.6. The lowest BCUT2D eigenvalue weighted by atomic mass is 10.1. The second-order valence-corrected chi connectivity index (χ2v) is 18.1. The number of esters is 2. The summed E-state index contributed by atoms with van der Waals surface area (Å²) in [4.78, 5) is 25.5. The van der Waals surface area contributed by atoms with Gasteiger partial charge in [-0.3, -0.25) is 9.59 Å². The Morgan fingerprint density at radius 2 is 0.682 bits per heavy atom. The van der Waals surface area contributed by atoms with Crippen molar-refractivity contribution < 1.29 is 23.8 Å². The van der Waals surface area contributed by atoms with Gasteiger partial charge in [0.15, 0.2) is 6.10 Å². The van der Waals surface area contributed by atoms with Crippen LogP contribution in [0.15, 0.2) is 97.2 Å². The van der Waals surface area contributed by atoms with Crippen LogP contribution in [0.5, 0.6) is 0 Å². The molecular weight excluding hydrogens is 813 g/mol. The first kappa shape index (κ1) is 62.8. The molecule has 0 heterocycles. The molecule has 5 heteroatoms. The van der Waals surface area contributed by atoms with Gasteiger partial charge in [-0.1, -0.05) is 240 Å². The molecule has 0 aromatic heterocycles. The average molecular weight is 917 g/mol. The number of hydrogen-bond acceptors (Lipinski definition) is 5. The summed E-state index contributed by atoms with van der Waals surface area (Å²) in [5, 5.41) is 0. The van der Waals surface area contributed by atoms with Crippen LogP contribution in [0.3, 0.4) is 0 Å². The van der Waals surface area contributed by atoms with Crippen LogP contribution < -0.4 is 0 Å². The second-order valence-electron chi connectivity index (χ2n) is 18.1. The smallest absolute Gasteiger partial charge is 0.306 e. The van der Waals surface area contributed by atoms with Gasteiger partial charge in [-0.2, -0.15) is 0 Å². The summed E-state index contributed by atoms with van der Waals surface area (Å²) in [6.07, 6.45) is 75.6. The molecule has 1 unspecified atom stereocenters. The molecule has 378 valence electrons. The van der Waals surface area contributed by atoms with E-state index in [0.29, 0.717) is 19.4 Å². The fourth-order valence-electron chi connectivity index (χ4n) is 7.55. The van der Waals surface area contributed by atoms with E-state index in [-0.39, 0.29) is 25.2 Å². The highest BCUT2D eigenvalue weighted by molar-refractivity contribution is 5.70. The summed E-state index contributed by atoms with van der Waals surface area (Å²) in [7, 11) is 0. The lowest BCUT2D eigenvalue weighted by Gasteiger charge is -2.18. The van der Waals surface area contributed by atoms with Crippen LogP contribution in [0.25, 0.3) is 0 Å². The van der Waals surface area contributed by atoms with E-state index in [9.17, 15) is 9.59 Å². The van der Waals surface area contributed by atoms with E-state index in [1.165, 1.54) is 103 Å². The summed E-state index contributed by atoms with van der Waals surface area (Å²) in [5.74, 6) is -0.426. The van der Waals surface area contributed by atoms with Crippen molar-refractivity contribution >= 4 is 11.9 Å². The molecule has 0 bridgehead atoms. The average Bonchev–Trinajstić information content (AvgIpc) is 3.32. The molecule has 0 aromatic rings. The fraction of sp³-hybridized carbons (Fsp3) is 0.705. The zero-order valence-corrected chi connectivity index (χ0v) is 43.4. The topological polar surface area (TPSA) is 61.8 Å². The minimum Gasteiger partial charge on any atom is -0.462 e. The van der Waals surface area contributed by atoms with Crippen LogP contribution in [0.1, 0.15) is 252 Å². The first-order valence-corrected chi connectivity index (χ1v) is 27.8. The van der Waals surface area contributed by atoms with Gasteiger partial charge in [0.05, 0.1) is 6.61 Å². The van der Waals surface area contributed by atoms with E-state index < -0.39 is 6.10 Å². The van der Waals surface area contributed by atoms with Crippen molar-refractivity contribution in [3.8, 4) is 0 Å². The number of hydrogen-bond donors (Lipinski definition) is 0. The van der Waals surface area contributed by atoms with Crippen molar-refractivity contribution in [2.75, 3.05) is 19.8 Å². The van der Waals surface area contributed by atoms with Gasteiger partial charge in [0.2, 0.25) is 0 Å². The number of allylic oxidation sites excluding steroid dienone is 16. The van der Waals surface area contributed by atoms with Crippen molar-refractivity contribution in [2.24, 2.45) is 0 Å². The molecule has 0 N–H and O–H groups in total. The lowest BCUT2D eigenvalue weighted by molar-refractivity contribution is -0.163. The number of carbonyl (C=O) groups excluding carboxylic acids is 2. The van der Waals surface area contributed by atoms with Crippen LogP contribution in [0, 0.1) is 0 Å². The van der Waals surface area contributed by atoms with Crippen LogP contribution in [0.2, 0.25) is 0 Å². The van der Waals surface area contributed by atoms with E-state index >= 15 is 0 Å². The molecule has 0 aromatic carbocycles. The van der Waals surface area contributed by atoms with Crippen molar-refractivity contribution in [3.63, 3.8) is 0 Å². The molecule has 0 spiro atoms. The molecule has 66 heavy (non-hydrogen) atoms. The number of ether oxygens (including phenoxy) is 3. The Kier molecular flexibility index (Phi) is 53.4. The molecule has 0 saturated carbocycles. The van der Waals surface area contributed by atoms with Crippen LogP contribution in [-0.2, 0) is 23.8 Å². The van der Waals surface area contributed by atoms with Gasteiger partial charge >= 0.3 is 11.9 Å². The third kappa shape index (κ3) is 53.4. The molecule has 0 fully saturated rings. The zero-order chi connectivity index (χ0) is 47.7. The van der Waals surface area contributed by atoms with Crippen molar-refractivity contribution in [1.82, 2.24) is 0 Å². The van der Waals surface area contributed by atoms with Crippen LogP contribution in [-0.4, -0.2) is 37.9 Å². The molecule has 0 radical (unpaired) electrons. The Balaban J connectivity index is 4.31. The Morgan fingerprint density at radius 3 is 1.09 bits per heavy atom. The van der Waals surface area contributed by atoms with Gasteiger partial charge in [0.1, 0.15) is 6.61 Å². The molecular formula is C61H104O5. The van der Waals surface area contributed by atoms with Gasteiger partial charge in [0, 0.05) is 19.4 Å². The van der Waals surface area contributed by atoms with E-state index in [4.69, 9.17) is 14.2 Å². The fourth-order valence-corrected chi connectivity index (χ4v) is 7.55. The van der Waals surface area contributed by atoms with Crippen molar-refractivity contribution in [2.45, 2.75) is 258 Å². The maximum atomic E-state index is 12.8. The molecule has 0 rings (SSSR count). The van der Waals surface area contributed by atoms with E-state index in [2.05, 4.69) is 118 Å². The minimum atomic E-state index is -0.553. The van der Waals surface area contributed by atoms with E-state index in [1.54, 1.807) is 0 Å². The SMILES string of the molecule is CC/C=C\C/C=C\C/C=C\C/C=C\CCCCCCCCC(=O)OCC(COCCCCCCCCCCCCCC)OC(=O)CCCCCCCC/C=C\C/C=C\C/C=C\C/C=C\CC. The Bertz CT molecular complexity index is 1270. The van der Waals surface area contributed by atoms with Gasteiger partial charge in [-0.15, -0.1) is 0 Å². The summed E-state index contributed by atoms with van der Waals surface area (Å²) in [5.41, 5.74) is 0. The molecule has 0 aliphatic heterocycles. The highest BCUT2D eigenvalue weighted by Crippen LogP contribution is 2.14. The maximum Gasteiger partial charge on any atom is 0.306 e. The Hall–Kier alpha value is -3.18. The van der Waals surface area contributed by atoms with Gasteiger partial charge < -0.3 is 14.2 Å². The summed E-state index contributed by atoms with van der Waals surface area (Å²) >= 11 is 0. The quantitative estimate of drug-likeness (QED) is 0.0346. The summed E-state index contributed by atoms with van der Waals surface area (Å²) in [6.45, 7) is 7.59. The predicted molar refractivity (Wildman–Crippen MR) is 288 cm³/mol. The highest BCUT2D eigenvalue weighted by atomic mass is 16.6. The van der Waals surface area contributed by atoms with E-state index in [0.717, 1.165) is 116 Å². The van der Waals surface area contributed by atoms with Gasteiger partial charge in [0.25, 0.3) is 0 Å². The second kappa shape index (κ2) is 56.1.